The Labute approximate surface area is 155 Å². The second kappa shape index (κ2) is 7.94. The molecule has 0 bridgehead atoms. The van der Waals surface area contributed by atoms with Crippen molar-refractivity contribution in [1.82, 2.24) is 15.3 Å². The molecule has 0 radical (unpaired) electrons. The third kappa shape index (κ3) is 4.75. The van der Waals surface area contributed by atoms with Crippen LogP contribution in [0.3, 0.4) is 0 Å². The minimum atomic E-state index is -4.39. The molecule has 0 spiro atoms. The Kier molecular flexibility index (Phi) is 5.62. The SMILES string of the molecule is CC(NC(=O)C1CCN(c2ccc(C(F)(F)F)cn2)CC1)c1ccncc1. The summed E-state index contributed by atoms with van der Waals surface area (Å²) in [6, 6.07) is 6.05. The maximum atomic E-state index is 12.6. The lowest BCUT2D eigenvalue weighted by Crippen LogP contribution is -2.41. The van der Waals surface area contributed by atoms with E-state index in [1.54, 1.807) is 12.4 Å². The molecule has 8 heteroatoms. The van der Waals surface area contributed by atoms with Crippen LogP contribution in [0, 0.1) is 5.92 Å². The summed E-state index contributed by atoms with van der Waals surface area (Å²) in [4.78, 5) is 22.3. The monoisotopic (exact) mass is 378 g/mol. The van der Waals surface area contributed by atoms with Crippen LogP contribution < -0.4 is 10.2 Å². The van der Waals surface area contributed by atoms with Gasteiger partial charge in [0.05, 0.1) is 11.6 Å². The number of amides is 1. The molecule has 27 heavy (non-hydrogen) atoms. The van der Waals surface area contributed by atoms with Gasteiger partial charge in [0.1, 0.15) is 5.82 Å². The standard InChI is InChI=1S/C19H21F3N4O/c1-13(14-4-8-23-9-5-14)25-18(27)15-6-10-26(11-7-15)17-3-2-16(12-24-17)19(20,21)22/h2-5,8-9,12-13,15H,6-7,10-11H2,1H3,(H,25,27). The van der Waals surface area contributed by atoms with E-state index in [0.717, 1.165) is 17.8 Å². The lowest BCUT2D eigenvalue weighted by atomic mass is 9.95. The van der Waals surface area contributed by atoms with Gasteiger partial charge in [0.2, 0.25) is 5.91 Å². The molecule has 144 valence electrons. The number of nitrogens with zero attached hydrogens (tertiary/aromatic N) is 3. The van der Waals surface area contributed by atoms with Gasteiger partial charge in [-0.25, -0.2) is 4.98 Å². The van der Waals surface area contributed by atoms with Gasteiger partial charge >= 0.3 is 6.18 Å². The van der Waals surface area contributed by atoms with Crippen LogP contribution in [-0.4, -0.2) is 29.0 Å². The van der Waals surface area contributed by atoms with E-state index in [4.69, 9.17) is 0 Å². The van der Waals surface area contributed by atoms with Gasteiger partial charge in [-0.05, 0) is 49.6 Å². The Morgan fingerprint density at radius 3 is 2.41 bits per heavy atom. The van der Waals surface area contributed by atoms with Gasteiger partial charge in [-0.15, -0.1) is 0 Å². The van der Waals surface area contributed by atoms with E-state index >= 15 is 0 Å². The van der Waals surface area contributed by atoms with Crippen LogP contribution in [0.25, 0.3) is 0 Å². The van der Waals surface area contributed by atoms with Crippen LogP contribution in [0.15, 0.2) is 42.9 Å². The number of piperidine rings is 1. The lowest BCUT2D eigenvalue weighted by molar-refractivity contribution is -0.137. The lowest BCUT2D eigenvalue weighted by Gasteiger charge is -2.32. The Morgan fingerprint density at radius 2 is 1.85 bits per heavy atom. The minimum absolute atomic E-state index is 0.000610. The van der Waals surface area contributed by atoms with Crippen molar-refractivity contribution in [3.8, 4) is 0 Å². The van der Waals surface area contributed by atoms with Gasteiger partial charge in [-0.2, -0.15) is 13.2 Å². The fraction of sp³-hybridized carbons (Fsp3) is 0.421. The van der Waals surface area contributed by atoms with Gasteiger partial charge in [0.15, 0.2) is 0 Å². The van der Waals surface area contributed by atoms with E-state index in [9.17, 15) is 18.0 Å². The van der Waals surface area contributed by atoms with Gasteiger partial charge in [0, 0.05) is 37.6 Å². The molecule has 1 atom stereocenters. The summed E-state index contributed by atoms with van der Waals surface area (Å²) in [6.07, 6.45) is 1.11. The Bertz CT molecular complexity index is 757. The van der Waals surface area contributed by atoms with Crippen LogP contribution in [0.2, 0.25) is 0 Å². The van der Waals surface area contributed by atoms with Crippen molar-refractivity contribution < 1.29 is 18.0 Å². The number of halogens is 3. The molecular formula is C19H21F3N4O. The molecule has 1 saturated heterocycles. The Hall–Kier alpha value is -2.64. The predicted octanol–water partition coefficient (Wildman–Crippen LogP) is 3.59. The number of hydrogen-bond acceptors (Lipinski definition) is 4. The highest BCUT2D eigenvalue weighted by Gasteiger charge is 2.31. The summed E-state index contributed by atoms with van der Waals surface area (Å²) in [6.45, 7) is 3.09. The topological polar surface area (TPSA) is 58.1 Å². The summed E-state index contributed by atoms with van der Waals surface area (Å²) in [5.41, 5.74) is 0.232. The first-order valence-corrected chi connectivity index (χ1v) is 8.83. The Balaban J connectivity index is 1.53. The molecule has 1 aliphatic rings. The van der Waals surface area contributed by atoms with Crippen LogP contribution in [-0.2, 0) is 11.0 Å². The number of anilines is 1. The largest absolute Gasteiger partial charge is 0.417 e. The Morgan fingerprint density at radius 1 is 1.19 bits per heavy atom. The van der Waals surface area contributed by atoms with Crippen LogP contribution in [0.1, 0.15) is 36.9 Å². The zero-order valence-electron chi connectivity index (χ0n) is 14.9. The van der Waals surface area contributed by atoms with Gasteiger partial charge in [-0.1, -0.05) is 0 Å². The van der Waals surface area contributed by atoms with Gasteiger partial charge in [-0.3, -0.25) is 9.78 Å². The number of hydrogen-bond donors (Lipinski definition) is 1. The number of nitrogens with one attached hydrogen (secondary N) is 1. The molecule has 0 aromatic carbocycles. The molecule has 1 amide bonds. The van der Waals surface area contributed by atoms with Crippen molar-refractivity contribution in [3.63, 3.8) is 0 Å². The summed E-state index contributed by atoms with van der Waals surface area (Å²) in [7, 11) is 0. The fourth-order valence-electron chi connectivity index (χ4n) is 3.18. The van der Waals surface area contributed by atoms with Crippen molar-refractivity contribution in [1.29, 1.82) is 0 Å². The van der Waals surface area contributed by atoms with Crippen molar-refractivity contribution in [2.24, 2.45) is 5.92 Å². The molecule has 3 heterocycles. The van der Waals surface area contributed by atoms with Gasteiger partial charge in [0.25, 0.3) is 0 Å². The first-order chi connectivity index (χ1) is 12.8. The third-order valence-corrected chi connectivity index (χ3v) is 4.83. The molecule has 2 aromatic rings. The quantitative estimate of drug-likeness (QED) is 0.883. The third-order valence-electron chi connectivity index (χ3n) is 4.83. The highest BCUT2D eigenvalue weighted by molar-refractivity contribution is 5.79. The second-order valence-electron chi connectivity index (χ2n) is 6.67. The minimum Gasteiger partial charge on any atom is -0.357 e. The molecule has 1 unspecified atom stereocenters. The average molecular weight is 378 g/mol. The van der Waals surface area contributed by atoms with Crippen molar-refractivity contribution >= 4 is 11.7 Å². The molecular weight excluding hydrogens is 357 g/mol. The zero-order valence-corrected chi connectivity index (χ0v) is 14.9. The van der Waals surface area contributed by atoms with Crippen LogP contribution in [0.5, 0.6) is 0 Å². The highest BCUT2D eigenvalue weighted by atomic mass is 19.4. The van der Waals surface area contributed by atoms with Gasteiger partial charge < -0.3 is 10.2 Å². The summed E-state index contributed by atoms with van der Waals surface area (Å²) in [5.74, 6) is 0.395. The summed E-state index contributed by atoms with van der Waals surface area (Å²) in [5, 5.41) is 3.02. The average Bonchev–Trinajstić information content (AvgIpc) is 2.68. The van der Waals surface area contributed by atoms with Crippen LogP contribution in [0.4, 0.5) is 19.0 Å². The van der Waals surface area contributed by atoms with Crippen molar-refractivity contribution in [3.05, 3.63) is 54.0 Å². The maximum Gasteiger partial charge on any atom is 0.417 e. The normalized spacial score (nSPS) is 16.8. The number of alkyl halides is 3. The maximum absolute atomic E-state index is 12.6. The van der Waals surface area contributed by atoms with E-state index in [-0.39, 0.29) is 17.9 Å². The number of aromatic nitrogens is 2. The van der Waals surface area contributed by atoms with E-state index in [2.05, 4.69) is 15.3 Å². The van der Waals surface area contributed by atoms with Crippen molar-refractivity contribution in [2.75, 3.05) is 18.0 Å². The first kappa shape index (κ1) is 19.1. The molecule has 1 fully saturated rings. The molecule has 3 rings (SSSR count). The van der Waals surface area contributed by atoms with E-state index < -0.39 is 11.7 Å². The molecule has 0 saturated carbocycles. The van der Waals surface area contributed by atoms with E-state index in [1.165, 1.54) is 6.07 Å². The molecule has 1 N–H and O–H groups in total. The number of carbonyl (C=O) groups excluding carboxylic acids is 1. The molecule has 0 aliphatic carbocycles. The number of carbonyl (C=O) groups is 1. The second-order valence-corrected chi connectivity index (χ2v) is 6.67. The summed E-state index contributed by atoms with van der Waals surface area (Å²) >= 11 is 0. The van der Waals surface area contributed by atoms with Crippen LogP contribution >= 0.6 is 0 Å². The highest BCUT2D eigenvalue weighted by Crippen LogP contribution is 2.30. The van der Waals surface area contributed by atoms with Crippen molar-refractivity contribution in [2.45, 2.75) is 32.0 Å². The molecule has 2 aromatic heterocycles. The van der Waals surface area contributed by atoms with E-state index in [0.29, 0.717) is 31.7 Å². The zero-order chi connectivity index (χ0) is 19.4. The fourth-order valence-corrected chi connectivity index (χ4v) is 3.18. The first-order valence-electron chi connectivity index (χ1n) is 8.83. The van der Waals surface area contributed by atoms with E-state index in [1.807, 2.05) is 24.0 Å². The predicted molar refractivity (Wildman–Crippen MR) is 95.0 cm³/mol. The molecule has 1 aliphatic heterocycles. The summed E-state index contributed by atoms with van der Waals surface area (Å²) < 4.78 is 37.9. The smallest absolute Gasteiger partial charge is 0.357 e. The number of pyridine rings is 2. The number of rotatable bonds is 4. The molecule has 5 nitrogen and oxygen atoms in total.